The van der Waals surface area contributed by atoms with E-state index in [1.54, 1.807) is 0 Å². The standard InChI is InChI=1S/C16H27ClN2O/c1-12(2)10-18-11-14-15(17)6-5-7-16(14)19(8-9-20)13(3)4/h5-7,12-13,18,20H,8-11H2,1-4H3. The zero-order valence-electron chi connectivity index (χ0n) is 13.0. The summed E-state index contributed by atoms with van der Waals surface area (Å²) in [6.07, 6.45) is 0. The summed E-state index contributed by atoms with van der Waals surface area (Å²) < 4.78 is 0. The third-order valence-corrected chi connectivity index (χ3v) is 3.58. The molecule has 0 bridgehead atoms. The van der Waals surface area contributed by atoms with Crippen molar-refractivity contribution in [1.82, 2.24) is 5.32 Å². The van der Waals surface area contributed by atoms with E-state index >= 15 is 0 Å². The molecule has 1 aromatic carbocycles. The molecular weight excluding hydrogens is 272 g/mol. The van der Waals surface area contributed by atoms with Crippen LogP contribution in [0.5, 0.6) is 0 Å². The fourth-order valence-corrected chi connectivity index (χ4v) is 2.48. The minimum atomic E-state index is 0.142. The monoisotopic (exact) mass is 298 g/mol. The van der Waals surface area contributed by atoms with Crippen LogP contribution in [0, 0.1) is 5.92 Å². The SMILES string of the molecule is CC(C)CNCc1c(Cl)cccc1N(CCO)C(C)C. The van der Waals surface area contributed by atoms with Gasteiger partial charge in [0.25, 0.3) is 0 Å². The van der Waals surface area contributed by atoms with Crippen LogP contribution in [0.2, 0.25) is 5.02 Å². The summed E-state index contributed by atoms with van der Waals surface area (Å²) in [5.74, 6) is 0.611. The van der Waals surface area contributed by atoms with Crippen molar-refractivity contribution < 1.29 is 5.11 Å². The molecule has 0 atom stereocenters. The van der Waals surface area contributed by atoms with Gasteiger partial charge in [-0.25, -0.2) is 0 Å². The Morgan fingerprint density at radius 1 is 1.25 bits per heavy atom. The minimum absolute atomic E-state index is 0.142. The quantitative estimate of drug-likeness (QED) is 0.773. The Balaban J connectivity index is 2.96. The Morgan fingerprint density at radius 2 is 1.95 bits per heavy atom. The number of anilines is 1. The smallest absolute Gasteiger partial charge is 0.0606 e. The predicted molar refractivity (Wildman–Crippen MR) is 87.6 cm³/mol. The van der Waals surface area contributed by atoms with E-state index in [1.807, 2.05) is 12.1 Å². The second kappa shape index (κ2) is 8.50. The van der Waals surface area contributed by atoms with Gasteiger partial charge >= 0.3 is 0 Å². The zero-order chi connectivity index (χ0) is 15.1. The minimum Gasteiger partial charge on any atom is -0.395 e. The van der Waals surface area contributed by atoms with Gasteiger partial charge in [-0.15, -0.1) is 0 Å². The first-order chi connectivity index (χ1) is 9.47. The maximum atomic E-state index is 9.27. The first-order valence-electron chi connectivity index (χ1n) is 7.33. The van der Waals surface area contributed by atoms with Crippen molar-refractivity contribution in [2.75, 3.05) is 24.6 Å². The zero-order valence-corrected chi connectivity index (χ0v) is 13.7. The normalized spacial score (nSPS) is 11.4. The highest BCUT2D eigenvalue weighted by Gasteiger charge is 2.16. The molecule has 114 valence electrons. The van der Waals surface area contributed by atoms with E-state index < -0.39 is 0 Å². The molecule has 2 N–H and O–H groups in total. The summed E-state index contributed by atoms with van der Waals surface area (Å²) in [4.78, 5) is 2.19. The molecular formula is C16H27ClN2O. The summed E-state index contributed by atoms with van der Waals surface area (Å²) in [6, 6.07) is 6.29. The van der Waals surface area contributed by atoms with Crippen LogP contribution < -0.4 is 10.2 Å². The Morgan fingerprint density at radius 3 is 2.50 bits per heavy atom. The molecule has 0 aliphatic carbocycles. The number of hydrogen-bond acceptors (Lipinski definition) is 3. The molecule has 0 spiro atoms. The maximum absolute atomic E-state index is 9.27. The highest BCUT2D eigenvalue weighted by molar-refractivity contribution is 6.31. The van der Waals surface area contributed by atoms with E-state index in [0.29, 0.717) is 18.5 Å². The van der Waals surface area contributed by atoms with E-state index in [9.17, 15) is 5.11 Å². The van der Waals surface area contributed by atoms with Gasteiger partial charge in [0, 0.05) is 35.4 Å². The van der Waals surface area contributed by atoms with E-state index in [1.165, 1.54) is 0 Å². The predicted octanol–water partition coefficient (Wildman–Crippen LogP) is 3.29. The molecule has 0 aliphatic rings. The van der Waals surface area contributed by atoms with Crippen LogP contribution in [0.25, 0.3) is 0 Å². The van der Waals surface area contributed by atoms with Gasteiger partial charge in [0.05, 0.1) is 6.61 Å². The van der Waals surface area contributed by atoms with Gasteiger partial charge in [0.2, 0.25) is 0 Å². The van der Waals surface area contributed by atoms with E-state index in [-0.39, 0.29) is 6.61 Å². The summed E-state index contributed by atoms with van der Waals surface area (Å²) in [7, 11) is 0. The van der Waals surface area contributed by atoms with Crippen LogP contribution >= 0.6 is 11.6 Å². The average molecular weight is 299 g/mol. The van der Waals surface area contributed by atoms with Gasteiger partial charge in [-0.05, 0) is 38.4 Å². The second-order valence-corrected chi connectivity index (χ2v) is 6.18. The van der Waals surface area contributed by atoms with Crippen molar-refractivity contribution in [3.05, 3.63) is 28.8 Å². The molecule has 0 aliphatic heterocycles. The lowest BCUT2D eigenvalue weighted by Gasteiger charge is -2.31. The topological polar surface area (TPSA) is 35.5 Å². The van der Waals surface area contributed by atoms with E-state index in [4.69, 9.17) is 11.6 Å². The van der Waals surface area contributed by atoms with Crippen molar-refractivity contribution >= 4 is 17.3 Å². The molecule has 4 heteroatoms. The number of halogens is 1. The van der Waals surface area contributed by atoms with Gasteiger partial charge in [0.15, 0.2) is 0 Å². The van der Waals surface area contributed by atoms with Crippen molar-refractivity contribution in [3.63, 3.8) is 0 Å². The van der Waals surface area contributed by atoms with Gasteiger partial charge in [-0.1, -0.05) is 31.5 Å². The fraction of sp³-hybridized carbons (Fsp3) is 0.625. The molecule has 0 unspecified atom stereocenters. The molecule has 0 heterocycles. The first kappa shape index (κ1) is 17.3. The largest absolute Gasteiger partial charge is 0.395 e. The second-order valence-electron chi connectivity index (χ2n) is 5.77. The number of aliphatic hydroxyl groups is 1. The molecule has 20 heavy (non-hydrogen) atoms. The molecule has 0 amide bonds. The van der Waals surface area contributed by atoms with Gasteiger partial charge in [-0.2, -0.15) is 0 Å². The molecule has 0 radical (unpaired) electrons. The number of nitrogens with one attached hydrogen (secondary N) is 1. The van der Waals surface area contributed by atoms with Crippen molar-refractivity contribution in [2.45, 2.75) is 40.3 Å². The number of aliphatic hydroxyl groups excluding tert-OH is 1. The van der Waals surface area contributed by atoms with Crippen LogP contribution in [-0.4, -0.2) is 30.8 Å². The molecule has 0 saturated carbocycles. The summed E-state index contributed by atoms with van der Waals surface area (Å²) >= 11 is 6.36. The van der Waals surface area contributed by atoms with E-state index in [0.717, 1.165) is 29.4 Å². The Kier molecular flexibility index (Phi) is 7.35. The molecule has 0 saturated heterocycles. The summed E-state index contributed by atoms with van der Waals surface area (Å²) in [5.41, 5.74) is 2.22. The summed E-state index contributed by atoms with van der Waals surface area (Å²) in [6.45, 7) is 11.1. The lowest BCUT2D eigenvalue weighted by Crippen LogP contribution is -2.34. The fourth-order valence-electron chi connectivity index (χ4n) is 2.24. The Bertz CT molecular complexity index is 407. The number of benzene rings is 1. The van der Waals surface area contributed by atoms with Crippen LogP contribution in [0.15, 0.2) is 18.2 Å². The van der Waals surface area contributed by atoms with Crippen molar-refractivity contribution in [2.24, 2.45) is 5.92 Å². The van der Waals surface area contributed by atoms with Gasteiger partial charge in [-0.3, -0.25) is 0 Å². The third kappa shape index (κ3) is 4.97. The highest BCUT2D eigenvalue weighted by Crippen LogP contribution is 2.28. The maximum Gasteiger partial charge on any atom is 0.0606 e. The number of hydrogen-bond donors (Lipinski definition) is 2. The third-order valence-electron chi connectivity index (χ3n) is 3.22. The molecule has 0 fully saturated rings. The summed E-state index contributed by atoms with van der Waals surface area (Å²) in [5, 5.41) is 13.5. The van der Waals surface area contributed by atoms with Crippen LogP contribution in [0.1, 0.15) is 33.3 Å². The van der Waals surface area contributed by atoms with Crippen LogP contribution in [-0.2, 0) is 6.54 Å². The molecule has 0 aromatic heterocycles. The molecule has 3 nitrogen and oxygen atoms in total. The number of rotatable bonds is 8. The average Bonchev–Trinajstić information content (AvgIpc) is 2.37. The van der Waals surface area contributed by atoms with Gasteiger partial charge < -0.3 is 15.3 Å². The Labute approximate surface area is 127 Å². The molecule has 1 aromatic rings. The van der Waals surface area contributed by atoms with Gasteiger partial charge in [0.1, 0.15) is 0 Å². The van der Waals surface area contributed by atoms with Crippen molar-refractivity contribution in [3.8, 4) is 0 Å². The van der Waals surface area contributed by atoms with Crippen LogP contribution in [0.4, 0.5) is 5.69 Å². The van der Waals surface area contributed by atoms with Crippen LogP contribution in [0.3, 0.4) is 0 Å². The molecule has 1 rings (SSSR count). The number of nitrogens with zero attached hydrogens (tertiary/aromatic N) is 1. The highest BCUT2D eigenvalue weighted by atomic mass is 35.5. The Hall–Kier alpha value is -0.770. The lowest BCUT2D eigenvalue weighted by molar-refractivity contribution is 0.299. The van der Waals surface area contributed by atoms with E-state index in [2.05, 4.69) is 44.0 Å². The lowest BCUT2D eigenvalue weighted by atomic mass is 10.1. The first-order valence-corrected chi connectivity index (χ1v) is 7.70. The van der Waals surface area contributed by atoms with Crippen molar-refractivity contribution in [1.29, 1.82) is 0 Å².